The van der Waals surface area contributed by atoms with Gasteiger partial charge in [-0.25, -0.2) is 8.42 Å². The van der Waals surface area contributed by atoms with E-state index in [1.165, 1.54) is 5.56 Å². The highest BCUT2D eigenvalue weighted by molar-refractivity contribution is 7.90. The Kier molecular flexibility index (Phi) is 5.61. The molecule has 0 spiro atoms. The predicted octanol–water partition coefficient (Wildman–Crippen LogP) is 2.58. The van der Waals surface area contributed by atoms with E-state index in [2.05, 4.69) is 38.6 Å². The van der Waals surface area contributed by atoms with Crippen LogP contribution in [0.4, 0.5) is 0 Å². The van der Waals surface area contributed by atoms with Crippen LogP contribution in [-0.4, -0.2) is 38.7 Å². The Balaban J connectivity index is 1.75. The minimum absolute atomic E-state index is 0.0968. The Labute approximate surface area is 125 Å². The lowest BCUT2D eigenvalue weighted by molar-refractivity contribution is 0.193. The lowest BCUT2D eigenvalue weighted by Crippen LogP contribution is -2.37. The number of likely N-dealkylation sites (tertiary alicyclic amines) is 1. The van der Waals surface area contributed by atoms with E-state index in [1.54, 1.807) is 0 Å². The molecule has 0 atom stereocenters. The van der Waals surface area contributed by atoms with Gasteiger partial charge in [0, 0.05) is 16.0 Å². The highest BCUT2D eigenvalue weighted by atomic mass is 32.2. The fourth-order valence-corrected chi connectivity index (χ4v) is 3.38. The maximum Gasteiger partial charge on any atom is 0.236 e. The van der Waals surface area contributed by atoms with Crippen molar-refractivity contribution >= 4 is 10.0 Å². The van der Waals surface area contributed by atoms with Crippen LogP contribution in [0.15, 0.2) is 34.9 Å². The van der Waals surface area contributed by atoms with Crippen molar-refractivity contribution in [2.24, 2.45) is 10.4 Å². The van der Waals surface area contributed by atoms with E-state index in [1.807, 2.05) is 6.07 Å². The molecule has 1 aromatic carbocycles. The Bertz CT molecular complexity index is 589. The van der Waals surface area contributed by atoms with Gasteiger partial charge in [0.15, 0.2) is 0 Å². The van der Waals surface area contributed by atoms with Gasteiger partial charge in [0.2, 0.25) is 10.0 Å². The Morgan fingerprint density at radius 1 is 1.24 bits per heavy atom. The third kappa shape index (κ3) is 5.38. The molecule has 0 radical (unpaired) electrons. The van der Waals surface area contributed by atoms with E-state index in [9.17, 15) is 8.42 Å². The van der Waals surface area contributed by atoms with E-state index in [4.69, 9.17) is 5.53 Å². The molecule has 0 amide bonds. The van der Waals surface area contributed by atoms with Gasteiger partial charge in [0.25, 0.3) is 0 Å². The van der Waals surface area contributed by atoms with E-state index in [-0.39, 0.29) is 5.75 Å². The van der Waals surface area contributed by atoms with Crippen LogP contribution in [0.5, 0.6) is 0 Å². The quantitative estimate of drug-likeness (QED) is 0.460. The highest BCUT2D eigenvalue weighted by Gasteiger charge is 2.20. The molecule has 21 heavy (non-hydrogen) atoms. The Morgan fingerprint density at radius 2 is 1.90 bits per heavy atom. The first-order valence-corrected chi connectivity index (χ1v) is 8.75. The summed E-state index contributed by atoms with van der Waals surface area (Å²) in [7, 11) is -3.63. The van der Waals surface area contributed by atoms with Crippen molar-refractivity contribution in [1.82, 2.24) is 4.90 Å². The average molecular weight is 308 g/mol. The molecule has 1 heterocycles. The Morgan fingerprint density at radius 3 is 2.52 bits per heavy atom. The van der Waals surface area contributed by atoms with Crippen LogP contribution >= 0.6 is 0 Å². The number of hydrogen-bond acceptors (Lipinski definition) is 3. The minimum Gasteiger partial charge on any atom is -0.302 e. The number of benzene rings is 1. The summed E-state index contributed by atoms with van der Waals surface area (Å²) in [6, 6.07) is 10.4. The molecule has 6 nitrogen and oxygen atoms in total. The fraction of sp³-hybridized carbons (Fsp3) is 0.571. The summed E-state index contributed by atoms with van der Waals surface area (Å²) in [6.45, 7) is 2.26. The van der Waals surface area contributed by atoms with Crippen LogP contribution in [0.25, 0.3) is 10.4 Å². The summed E-state index contributed by atoms with van der Waals surface area (Å²) in [5.41, 5.74) is 9.54. The van der Waals surface area contributed by atoms with Gasteiger partial charge >= 0.3 is 0 Å². The van der Waals surface area contributed by atoms with Crippen molar-refractivity contribution in [1.29, 1.82) is 0 Å². The first kappa shape index (κ1) is 15.8. The lowest BCUT2D eigenvalue weighted by atomic mass is 9.90. The standard InChI is InChI=1S/C14H20N4O2S/c15-16-17-21(19,20)11-10-18-8-6-14(7-9-18)12-13-4-2-1-3-5-13/h1-5,14H,6-12H2. The van der Waals surface area contributed by atoms with Gasteiger partial charge in [-0.3, -0.25) is 0 Å². The molecular formula is C14H20N4O2S. The van der Waals surface area contributed by atoms with E-state index < -0.39 is 10.0 Å². The topological polar surface area (TPSA) is 86.1 Å². The zero-order valence-corrected chi connectivity index (χ0v) is 12.7. The summed E-state index contributed by atoms with van der Waals surface area (Å²) in [6.07, 6.45) is 3.25. The molecule has 1 aliphatic heterocycles. The molecule has 1 aliphatic rings. The molecule has 1 saturated heterocycles. The third-order valence-corrected chi connectivity index (χ3v) is 4.92. The van der Waals surface area contributed by atoms with Crippen LogP contribution in [-0.2, 0) is 16.4 Å². The van der Waals surface area contributed by atoms with Crippen molar-refractivity contribution in [3.05, 3.63) is 46.3 Å². The number of nitrogens with zero attached hydrogens (tertiary/aromatic N) is 4. The van der Waals surface area contributed by atoms with Gasteiger partial charge in [-0.1, -0.05) is 30.3 Å². The van der Waals surface area contributed by atoms with Crippen LogP contribution in [0, 0.1) is 5.92 Å². The molecule has 0 aliphatic carbocycles. The van der Waals surface area contributed by atoms with Crippen molar-refractivity contribution in [3.63, 3.8) is 0 Å². The first-order chi connectivity index (χ1) is 10.1. The second kappa shape index (κ2) is 7.45. The van der Waals surface area contributed by atoms with Crippen molar-refractivity contribution in [2.45, 2.75) is 19.3 Å². The van der Waals surface area contributed by atoms with Gasteiger partial charge in [0.1, 0.15) is 0 Å². The van der Waals surface area contributed by atoms with Gasteiger partial charge in [-0.15, -0.1) is 0 Å². The summed E-state index contributed by atoms with van der Waals surface area (Å²) in [4.78, 5) is 4.48. The van der Waals surface area contributed by atoms with E-state index in [0.29, 0.717) is 12.5 Å². The molecule has 7 heteroatoms. The summed E-state index contributed by atoms with van der Waals surface area (Å²) >= 11 is 0. The molecule has 0 aromatic heterocycles. The van der Waals surface area contributed by atoms with Gasteiger partial charge in [0.05, 0.1) is 5.75 Å². The number of hydrogen-bond donors (Lipinski definition) is 0. The summed E-state index contributed by atoms with van der Waals surface area (Å²) in [5.74, 6) is 0.567. The monoisotopic (exact) mass is 308 g/mol. The van der Waals surface area contributed by atoms with Crippen LogP contribution < -0.4 is 0 Å². The van der Waals surface area contributed by atoms with Crippen LogP contribution in [0.1, 0.15) is 18.4 Å². The third-order valence-electron chi connectivity index (χ3n) is 3.90. The molecule has 2 rings (SSSR count). The first-order valence-electron chi connectivity index (χ1n) is 7.14. The highest BCUT2D eigenvalue weighted by Crippen LogP contribution is 2.21. The smallest absolute Gasteiger partial charge is 0.236 e. The van der Waals surface area contributed by atoms with Crippen molar-refractivity contribution < 1.29 is 8.42 Å². The molecule has 0 N–H and O–H groups in total. The molecular weight excluding hydrogens is 288 g/mol. The molecule has 1 fully saturated rings. The van der Waals surface area contributed by atoms with E-state index >= 15 is 0 Å². The Hall–Kier alpha value is -1.56. The molecule has 1 aromatic rings. The predicted molar refractivity (Wildman–Crippen MR) is 82.2 cm³/mol. The minimum atomic E-state index is -3.63. The van der Waals surface area contributed by atoms with Gasteiger partial charge in [-0.2, -0.15) is 0 Å². The van der Waals surface area contributed by atoms with Crippen LogP contribution in [0.3, 0.4) is 0 Å². The fourth-order valence-electron chi connectivity index (χ4n) is 2.70. The van der Waals surface area contributed by atoms with Crippen molar-refractivity contribution in [3.8, 4) is 0 Å². The number of rotatable bonds is 6. The lowest BCUT2D eigenvalue weighted by Gasteiger charge is -2.31. The molecule has 0 saturated carbocycles. The normalized spacial score (nSPS) is 17.3. The zero-order valence-electron chi connectivity index (χ0n) is 11.9. The number of azide groups is 1. The second-order valence-electron chi connectivity index (χ2n) is 5.43. The largest absolute Gasteiger partial charge is 0.302 e. The molecule has 0 bridgehead atoms. The number of sulfonamides is 1. The maximum atomic E-state index is 11.3. The van der Waals surface area contributed by atoms with Crippen LogP contribution in [0.2, 0.25) is 0 Å². The van der Waals surface area contributed by atoms with E-state index in [0.717, 1.165) is 32.4 Å². The number of piperidine rings is 1. The SMILES string of the molecule is [N-]=[N+]=NS(=O)(=O)CCN1CCC(Cc2ccccc2)CC1. The van der Waals surface area contributed by atoms with Gasteiger partial charge in [-0.05, 0) is 49.4 Å². The average Bonchev–Trinajstić information content (AvgIpc) is 2.48. The summed E-state index contributed by atoms with van der Waals surface area (Å²) in [5, 5.41) is 0. The second-order valence-corrected chi connectivity index (χ2v) is 7.17. The van der Waals surface area contributed by atoms with Gasteiger partial charge < -0.3 is 4.90 Å². The molecule has 0 unspecified atom stereocenters. The van der Waals surface area contributed by atoms with Crippen molar-refractivity contribution in [2.75, 3.05) is 25.4 Å². The zero-order chi connectivity index (χ0) is 15.1. The maximum absolute atomic E-state index is 11.3. The molecule has 114 valence electrons. The summed E-state index contributed by atoms with van der Waals surface area (Å²) < 4.78 is 25.5.